The van der Waals surface area contributed by atoms with Crippen LogP contribution in [0.25, 0.3) is 11.5 Å². The second kappa shape index (κ2) is 10.1. The maximum atomic E-state index is 12.8. The van der Waals surface area contributed by atoms with Crippen LogP contribution in [0.15, 0.2) is 88.0 Å². The van der Waals surface area contributed by atoms with Crippen molar-refractivity contribution in [3.05, 3.63) is 79.4 Å². The van der Waals surface area contributed by atoms with Crippen LogP contribution < -0.4 is 5.32 Å². The molecule has 0 unspecified atom stereocenters. The molecule has 2 aromatic carbocycles. The molecule has 1 heterocycles. The first-order valence-electron chi connectivity index (χ1n) is 9.84. The lowest BCUT2D eigenvalue weighted by Gasteiger charge is -2.19. The first-order valence-corrected chi connectivity index (χ1v) is 13.2. The number of carbonyl (C=O) groups excluding carboxylic acids is 1. The van der Waals surface area contributed by atoms with Gasteiger partial charge in [-0.2, -0.15) is 4.31 Å². The lowest BCUT2D eigenvalue weighted by Crippen LogP contribution is -2.31. The number of amides is 1. The number of nitrogens with zero attached hydrogens (tertiary/aromatic N) is 3. The number of nitrogens with one attached hydrogen (secondary N) is 1. The number of rotatable bonds is 10. The fourth-order valence-corrected chi connectivity index (χ4v) is 5.27. The Morgan fingerprint density at radius 1 is 1.00 bits per heavy atom. The molecule has 0 aliphatic heterocycles. The average Bonchev–Trinajstić information content (AvgIpc) is 3.26. The monoisotopic (exact) mass is 502 g/mol. The van der Waals surface area contributed by atoms with E-state index in [0.29, 0.717) is 0 Å². The third kappa shape index (κ3) is 5.47. The van der Waals surface area contributed by atoms with Crippen molar-refractivity contribution >= 4 is 31.8 Å². The fraction of sp³-hybridized carbons (Fsp3) is 0.136. The molecule has 0 fully saturated rings. The van der Waals surface area contributed by atoms with Crippen LogP contribution in [0.1, 0.15) is 10.4 Å². The maximum Gasteiger partial charge on any atom is 0.322 e. The molecule has 12 heteroatoms. The van der Waals surface area contributed by atoms with Gasteiger partial charge in [-0.25, -0.2) is 16.8 Å². The van der Waals surface area contributed by atoms with Crippen molar-refractivity contribution in [2.24, 2.45) is 0 Å². The molecule has 1 amide bonds. The predicted molar refractivity (Wildman–Crippen MR) is 126 cm³/mol. The normalized spacial score (nSPS) is 11.8. The van der Waals surface area contributed by atoms with Gasteiger partial charge in [0.1, 0.15) is 0 Å². The zero-order valence-electron chi connectivity index (χ0n) is 18.2. The molecule has 0 saturated carbocycles. The Morgan fingerprint density at radius 3 is 2.21 bits per heavy atom. The molecule has 34 heavy (non-hydrogen) atoms. The third-order valence-electron chi connectivity index (χ3n) is 4.58. The van der Waals surface area contributed by atoms with Gasteiger partial charge in [-0.3, -0.25) is 10.1 Å². The molecule has 0 atom stereocenters. The van der Waals surface area contributed by atoms with Gasteiger partial charge in [-0.05, 0) is 36.4 Å². The Balaban J connectivity index is 1.79. The summed E-state index contributed by atoms with van der Waals surface area (Å²) in [4.78, 5) is 12.6. The SMILES string of the molecule is C=CCN(CC=C)S(=O)(=O)c1ccc(C(=O)Nc2nnc(-c3ccccc3S(C)(=O)=O)o2)cc1. The molecular weight excluding hydrogens is 480 g/mol. The minimum Gasteiger partial charge on any atom is -0.403 e. The summed E-state index contributed by atoms with van der Waals surface area (Å²) in [5.74, 6) is -0.702. The van der Waals surface area contributed by atoms with Crippen LogP contribution in [0.5, 0.6) is 0 Å². The van der Waals surface area contributed by atoms with E-state index in [0.717, 1.165) is 6.26 Å². The van der Waals surface area contributed by atoms with Crippen molar-refractivity contribution < 1.29 is 26.0 Å². The van der Waals surface area contributed by atoms with Gasteiger partial charge in [-0.15, -0.1) is 18.3 Å². The minimum absolute atomic E-state index is 0.00482. The molecule has 1 N–H and O–H groups in total. The lowest BCUT2D eigenvalue weighted by atomic mass is 10.2. The first kappa shape index (κ1) is 25.0. The van der Waals surface area contributed by atoms with Crippen molar-refractivity contribution in [2.75, 3.05) is 24.7 Å². The summed E-state index contributed by atoms with van der Waals surface area (Å²) in [6.45, 7) is 7.34. The van der Waals surface area contributed by atoms with Gasteiger partial charge in [-0.1, -0.05) is 29.4 Å². The summed E-state index contributed by atoms with van der Waals surface area (Å²) < 4.78 is 56.1. The Kier molecular flexibility index (Phi) is 7.44. The molecule has 0 saturated heterocycles. The van der Waals surface area contributed by atoms with Crippen LogP contribution in [0, 0.1) is 0 Å². The van der Waals surface area contributed by atoms with E-state index in [2.05, 4.69) is 28.7 Å². The van der Waals surface area contributed by atoms with E-state index in [-0.39, 0.29) is 45.9 Å². The second-order valence-electron chi connectivity index (χ2n) is 7.06. The molecule has 0 spiro atoms. The van der Waals surface area contributed by atoms with Crippen LogP contribution >= 0.6 is 0 Å². The largest absolute Gasteiger partial charge is 0.403 e. The lowest BCUT2D eigenvalue weighted by molar-refractivity contribution is 0.102. The number of anilines is 1. The molecule has 0 aliphatic carbocycles. The molecule has 10 nitrogen and oxygen atoms in total. The molecule has 0 radical (unpaired) electrons. The number of sulfone groups is 1. The Hall–Kier alpha value is -3.61. The van der Waals surface area contributed by atoms with Crippen molar-refractivity contribution in [3.63, 3.8) is 0 Å². The standard InChI is InChI=1S/C22H22N4O6S2/c1-4-14-26(15-5-2)34(30,31)17-12-10-16(11-13-17)20(27)23-22-25-24-21(32-22)18-8-6-7-9-19(18)33(3,28)29/h4-13H,1-2,14-15H2,3H3,(H,23,25,27). The van der Waals surface area contributed by atoms with Gasteiger partial charge in [0.25, 0.3) is 11.8 Å². The number of hydrogen-bond acceptors (Lipinski definition) is 8. The van der Waals surface area contributed by atoms with E-state index < -0.39 is 25.8 Å². The van der Waals surface area contributed by atoms with Crippen LogP contribution in [0.2, 0.25) is 0 Å². The summed E-state index contributed by atoms with van der Waals surface area (Å²) in [5.41, 5.74) is 0.352. The molecule has 1 aromatic heterocycles. The van der Waals surface area contributed by atoms with E-state index in [1.54, 1.807) is 12.1 Å². The average molecular weight is 503 g/mol. The second-order valence-corrected chi connectivity index (χ2v) is 11.0. The van der Waals surface area contributed by atoms with Crippen LogP contribution in [0.3, 0.4) is 0 Å². The van der Waals surface area contributed by atoms with Gasteiger partial charge >= 0.3 is 6.01 Å². The Labute approximate surface area is 197 Å². The smallest absolute Gasteiger partial charge is 0.322 e. The van der Waals surface area contributed by atoms with Crippen LogP contribution in [-0.4, -0.2) is 56.6 Å². The molecule has 3 rings (SSSR count). The van der Waals surface area contributed by atoms with E-state index >= 15 is 0 Å². The van der Waals surface area contributed by atoms with Gasteiger partial charge in [0.15, 0.2) is 9.84 Å². The van der Waals surface area contributed by atoms with Gasteiger partial charge in [0, 0.05) is 24.9 Å². The number of hydrogen-bond donors (Lipinski definition) is 1. The quantitative estimate of drug-likeness (QED) is 0.418. The van der Waals surface area contributed by atoms with E-state index in [1.165, 1.54) is 52.9 Å². The summed E-state index contributed by atoms with van der Waals surface area (Å²) in [6.07, 6.45) is 3.99. The minimum atomic E-state index is -3.80. The maximum absolute atomic E-state index is 12.8. The molecule has 3 aromatic rings. The predicted octanol–water partition coefficient (Wildman–Crippen LogP) is 2.76. The topological polar surface area (TPSA) is 140 Å². The highest BCUT2D eigenvalue weighted by Gasteiger charge is 2.23. The number of aromatic nitrogens is 2. The zero-order chi connectivity index (χ0) is 24.9. The number of benzene rings is 2. The highest BCUT2D eigenvalue weighted by molar-refractivity contribution is 7.90. The van der Waals surface area contributed by atoms with E-state index in [1.807, 2.05) is 0 Å². The highest BCUT2D eigenvalue weighted by Crippen LogP contribution is 2.27. The molecule has 0 bridgehead atoms. The van der Waals surface area contributed by atoms with Crippen LogP contribution in [0.4, 0.5) is 6.01 Å². The summed E-state index contributed by atoms with van der Waals surface area (Å²) >= 11 is 0. The molecular formula is C22H22N4O6S2. The van der Waals surface area contributed by atoms with Crippen LogP contribution in [-0.2, 0) is 19.9 Å². The number of sulfonamides is 1. The van der Waals surface area contributed by atoms with Gasteiger partial charge < -0.3 is 4.42 Å². The fourth-order valence-electron chi connectivity index (χ4n) is 3.00. The third-order valence-corrected chi connectivity index (χ3v) is 7.58. The summed E-state index contributed by atoms with van der Waals surface area (Å²) in [7, 11) is -7.35. The van der Waals surface area contributed by atoms with Crippen molar-refractivity contribution in [1.82, 2.24) is 14.5 Å². The Bertz CT molecular complexity index is 1420. The van der Waals surface area contributed by atoms with Gasteiger partial charge in [0.2, 0.25) is 10.0 Å². The van der Waals surface area contributed by atoms with Crippen molar-refractivity contribution in [2.45, 2.75) is 9.79 Å². The van der Waals surface area contributed by atoms with Gasteiger partial charge in [0.05, 0.1) is 15.4 Å². The van der Waals surface area contributed by atoms with E-state index in [9.17, 15) is 21.6 Å². The highest BCUT2D eigenvalue weighted by atomic mass is 32.2. The van der Waals surface area contributed by atoms with Crippen molar-refractivity contribution in [3.8, 4) is 11.5 Å². The Morgan fingerprint density at radius 2 is 1.62 bits per heavy atom. The number of carbonyl (C=O) groups is 1. The molecule has 0 aliphatic rings. The molecule has 178 valence electrons. The van der Waals surface area contributed by atoms with Crippen molar-refractivity contribution in [1.29, 1.82) is 0 Å². The first-order chi connectivity index (χ1) is 16.1. The summed E-state index contributed by atoms with van der Waals surface area (Å²) in [5, 5.41) is 9.96. The van der Waals surface area contributed by atoms with E-state index in [4.69, 9.17) is 4.42 Å². The zero-order valence-corrected chi connectivity index (χ0v) is 19.8. The summed E-state index contributed by atoms with van der Waals surface area (Å²) in [6, 6.07) is 11.2.